The van der Waals surface area contributed by atoms with Gasteiger partial charge in [-0.1, -0.05) is 22.8 Å². The summed E-state index contributed by atoms with van der Waals surface area (Å²) in [6.45, 7) is 0. The van der Waals surface area contributed by atoms with E-state index in [2.05, 4.69) is 16.1 Å². The number of oxime groups is 1. The summed E-state index contributed by atoms with van der Waals surface area (Å²) >= 11 is 5.63. The molecule has 1 rings (SSSR count). The number of halogens is 1. The minimum Gasteiger partial charge on any atom is -0.399 e. The maximum absolute atomic E-state index is 5.63. The fourth-order valence-corrected chi connectivity index (χ4v) is 0.884. The molecule has 0 aromatic rings. The Bertz CT molecular complexity index is 206. The van der Waals surface area contributed by atoms with Crippen LogP contribution in [0.2, 0.25) is 0 Å². The van der Waals surface area contributed by atoms with Crippen molar-refractivity contribution in [2.75, 3.05) is 7.11 Å². The number of hydrogen-bond donors (Lipinski definition) is 0. The molecule has 0 saturated heterocycles. The molecule has 1 aliphatic carbocycles. The predicted molar refractivity (Wildman–Crippen MR) is 40.8 cm³/mol. The van der Waals surface area contributed by atoms with E-state index in [9.17, 15) is 0 Å². The van der Waals surface area contributed by atoms with Gasteiger partial charge >= 0.3 is 0 Å². The molecule has 0 bridgehead atoms. The van der Waals surface area contributed by atoms with Gasteiger partial charge in [0.1, 0.15) is 7.11 Å². The van der Waals surface area contributed by atoms with Crippen LogP contribution < -0.4 is 0 Å². The van der Waals surface area contributed by atoms with Crippen molar-refractivity contribution in [2.45, 2.75) is 6.42 Å². The topological polar surface area (TPSA) is 21.6 Å². The third kappa shape index (κ3) is 1.88. The smallest absolute Gasteiger partial charge is 0.106 e. The highest BCUT2D eigenvalue weighted by atomic mass is 35.5. The van der Waals surface area contributed by atoms with Crippen molar-refractivity contribution in [2.24, 2.45) is 5.16 Å². The van der Waals surface area contributed by atoms with Crippen LogP contribution in [0.3, 0.4) is 0 Å². The van der Waals surface area contributed by atoms with Gasteiger partial charge < -0.3 is 4.84 Å². The molecule has 0 aromatic heterocycles. The highest BCUT2D eigenvalue weighted by molar-refractivity contribution is 6.32. The van der Waals surface area contributed by atoms with Crippen molar-refractivity contribution in [1.82, 2.24) is 0 Å². The van der Waals surface area contributed by atoms with Crippen LogP contribution in [-0.2, 0) is 4.84 Å². The summed E-state index contributed by atoms with van der Waals surface area (Å²) in [4.78, 5) is 4.57. The summed E-state index contributed by atoms with van der Waals surface area (Å²) in [6.07, 6.45) is 7.12. The molecule has 3 heteroatoms. The summed E-state index contributed by atoms with van der Waals surface area (Å²) < 4.78 is 0. The lowest BCUT2D eigenvalue weighted by atomic mass is 10.2. The molecule has 1 radical (unpaired) electrons. The fourth-order valence-electron chi connectivity index (χ4n) is 0.681. The third-order valence-electron chi connectivity index (χ3n) is 1.05. The molecule has 2 nitrogen and oxygen atoms in total. The third-order valence-corrected chi connectivity index (χ3v) is 1.27. The zero-order valence-corrected chi connectivity index (χ0v) is 6.35. The normalized spacial score (nSPS) is 21.0. The Morgan fingerprint density at radius 1 is 1.80 bits per heavy atom. The average Bonchev–Trinajstić information content (AvgIpc) is 1.88. The Hall–Kier alpha value is -0.760. The molecule has 0 atom stereocenters. The van der Waals surface area contributed by atoms with Crippen LogP contribution in [0.25, 0.3) is 0 Å². The summed E-state index contributed by atoms with van der Waals surface area (Å²) in [5, 5.41) is 4.29. The number of nitrogens with zero attached hydrogens (tertiary/aromatic N) is 1. The van der Waals surface area contributed by atoms with Crippen molar-refractivity contribution in [3.8, 4) is 0 Å². The van der Waals surface area contributed by atoms with Crippen molar-refractivity contribution in [1.29, 1.82) is 0 Å². The van der Waals surface area contributed by atoms with Gasteiger partial charge in [-0.05, 0) is 12.2 Å². The lowest BCUT2D eigenvalue weighted by molar-refractivity contribution is 0.213. The quantitative estimate of drug-likeness (QED) is 0.532. The Morgan fingerprint density at radius 2 is 2.60 bits per heavy atom. The summed E-state index contributed by atoms with van der Waals surface area (Å²) in [6, 6.07) is 0. The molecule has 0 spiro atoms. The molecule has 1 aliphatic rings. The van der Waals surface area contributed by atoms with Gasteiger partial charge in [0.2, 0.25) is 0 Å². The van der Waals surface area contributed by atoms with E-state index in [0.717, 1.165) is 12.1 Å². The standard InChI is InChI=1S/C7H7ClNO/c1-10-9-7-4-2-3-6(8)5-7/h2,5H,4H2,1H3. The van der Waals surface area contributed by atoms with Crippen molar-refractivity contribution in [3.63, 3.8) is 0 Å². The molecule has 0 fully saturated rings. The number of rotatable bonds is 1. The van der Waals surface area contributed by atoms with Gasteiger partial charge in [0.15, 0.2) is 0 Å². The van der Waals surface area contributed by atoms with Gasteiger partial charge in [0.05, 0.1) is 10.7 Å². The Labute approximate surface area is 64.8 Å². The van der Waals surface area contributed by atoms with E-state index in [0.29, 0.717) is 5.03 Å². The van der Waals surface area contributed by atoms with Gasteiger partial charge in [-0.25, -0.2) is 0 Å². The van der Waals surface area contributed by atoms with Gasteiger partial charge in [0.25, 0.3) is 0 Å². The van der Waals surface area contributed by atoms with Gasteiger partial charge in [-0.2, -0.15) is 0 Å². The number of hydrogen-bond acceptors (Lipinski definition) is 2. The van der Waals surface area contributed by atoms with Crippen LogP contribution in [0, 0.1) is 6.08 Å². The van der Waals surface area contributed by atoms with Crippen molar-refractivity contribution in [3.05, 3.63) is 23.3 Å². The van der Waals surface area contributed by atoms with Crippen molar-refractivity contribution >= 4 is 17.3 Å². The average molecular weight is 157 g/mol. The first-order chi connectivity index (χ1) is 4.83. The monoisotopic (exact) mass is 156 g/mol. The van der Waals surface area contributed by atoms with E-state index in [-0.39, 0.29) is 0 Å². The van der Waals surface area contributed by atoms with Crippen LogP contribution in [0.1, 0.15) is 6.42 Å². The van der Waals surface area contributed by atoms with Gasteiger partial charge in [-0.15, -0.1) is 0 Å². The minimum atomic E-state index is 0.571. The van der Waals surface area contributed by atoms with Crippen LogP contribution in [0.15, 0.2) is 22.3 Å². The van der Waals surface area contributed by atoms with Crippen molar-refractivity contribution < 1.29 is 4.84 Å². The maximum atomic E-state index is 5.63. The highest BCUT2D eigenvalue weighted by Gasteiger charge is 2.00. The second-order valence-corrected chi connectivity index (χ2v) is 2.22. The van der Waals surface area contributed by atoms with Gasteiger partial charge in [-0.3, -0.25) is 0 Å². The Balaban J connectivity index is 2.68. The fraction of sp³-hybridized carbons (Fsp3) is 0.286. The lowest BCUT2D eigenvalue weighted by Gasteiger charge is -2.00. The van der Waals surface area contributed by atoms with E-state index in [1.165, 1.54) is 7.11 Å². The Kier molecular flexibility index (Phi) is 2.51. The zero-order valence-electron chi connectivity index (χ0n) is 5.60. The van der Waals surface area contributed by atoms with Crippen LogP contribution >= 0.6 is 11.6 Å². The van der Waals surface area contributed by atoms with Gasteiger partial charge in [0, 0.05) is 6.42 Å². The van der Waals surface area contributed by atoms with E-state index < -0.39 is 0 Å². The zero-order chi connectivity index (χ0) is 7.40. The van der Waals surface area contributed by atoms with E-state index in [4.69, 9.17) is 11.6 Å². The second-order valence-electron chi connectivity index (χ2n) is 1.81. The molecule has 0 heterocycles. The molecule has 0 aromatic carbocycles. The molecule has 0 amide bonds. The number of allylic oxidation sites excluding steroid dienone is 4. The van der Waals surface area contributed by atoms with Crippen LogP contribution in [-0.4, -0.2) is 12.8 Å². The molecular weight excluding hydrogens is 150 g/mol. The molecule has 53 valence electrons. The SMILES string of the molecule is CON=C1C=C(Cl)[C]=CC1. The second kappa shape index (κ2) is 3.42. The largest absolute Gasteiger partial charge is 0.399 e. The predicted octanol–water partition coefficient (Wildman–Crippen LogP) is 1.87. The molecule has 0 unspecified atom stereocenters. The first-order valence-corrected chi connectivity index (χ1v) is 3.26. The maximum Gasteiger partial charge on any atom is 0.106 e. The van der Waals surface area contributed by atoms with E-state index >= 15 is 0 Å². The van der Waals surface area contributed by atoms with Crippen LogP contribution in [0.4, 0.5) is 0 Å². The van der Waals surface area contributed by atoms with Crippen LogP contribution in [0.5, 0.6) is 0 Å². The van der Waals surface area contributed by atoms with E-state index in [1.54, 1.807) is 6.08 Å². The highest BCUT2D eigenvalue weighted by Crippen LogP contribution is 2.10. The summed E-state index contributed by atoms with van der Waals surface area (Å²) in [7, 11) is 1.51. The molecule has 0 aliphatic heterocycles. The summed E-state index contributed by atoms with van der Waals surface area (Å²) in [5.41, 5.74) is 0.825. The lowest BCUT2D eigenvalue weighted by Crippen LogP contribution is -1.96. The Morgan fingerprint density at radius 3 is 3.20 bits per heavy atom. The molecule has 0 saturated carbocycles. The first-order valence-electron chi connectivity index (χ1n) is 2.88. The minimum absolute atomic E-state index is 0.571. The molecular formula is C7H7ClNO. The molecule has 10 heavy (non-hydrogen) atoms. The van der Waals surface area contributed by atoms with E-state index in [1.807, 2.05) is 6.08 Å². The summed E-state index contributed by atoms with van der Waals surface area (Å²) in [5.74, 6) is 0. The molecule has 0 N–H and O–H groups in total. The first kappa shape index (κ1) is 7.35.